The number of aromatic hydroxyl groups is 1. The number of hydrogen-bond acceptors (Lipinski definition) is 5. The van der Waals surface area contributed by atoms with Crippen LogP contribution in [0.3, 0.4) is 0 Å². The summed E-state index contributed by atoms with van der Waals surface area (Å²) in [5.41, 5.74) is 0.381. The van der Waals surface area contributed by atoms with Gasteiger partial charge in [-0.1, -0.05) is 0 Å². The Morgan fingerprint density at radius 1 is 1.25 bits per heavy atom. The van der Waals surface area contributed by atoms with Crippen molar-refractivity contribution in [1.29, 1.82) is 0 Å². The molecule has 0 radical (unpaired) electrons. The van der Waals surface area contributed by atoms with E-state index in [9.17, 15) is 9.59 Å². The standard InChI is InChI=1S/C14H19NO5/c1-15(13(17)10-19-2)8-3-9-20-14(18)11-4-6-12(16)7-5-11/h4-7,16H,3,8-10H2,1-2H3. The zero-order valence-corrected chi connectivity index (χ0v) is 11.7. The molecule has 1 aromatic carbocycles. The summed E-state index contributed by atoms with van der Waals surface area (Å²) in [5, 5.41) is 9.11. The van der Waals surface area contributed by atoms with Gasteiger partial charge in [-0.2, -0.15) is 0 Å². The summed E-state index contributed by atoms with van der Waals surface area (Å²) >= 11 is 0. The minimum atomic E-state index is -0.448. The number of phenols is 1. The summed E-state index contributed by atoms with van der Waals surface area (Å²) in [6.07, 6.45) is 0.551. The van der Waals surface area contributed by atoms with Crippen LogP contribution in [0.5, 0.6) is 5.75 Å². The summed E-state index contributed by atoms with van der Waals surface area (Å²) in [6, 6.07) is 5.83. The topological polar surface area (TPSA) is 76.1 Å². The zero-order valence-electron chi connectivity index (χ0n) is 11.7. The van der Waals surface area contributed by atoms with Crippen molar-refractivity contribution in [3.05, 3.63) is 29.8 Å². The van der Waals surface area contributed by atoms with Gasteiger partial charge in [0, 0.05) is 20.7 Å². The molecular formula is C14H19NO5. The molecule has 6 heteroatoms. The lowest BCUT2D eigenvalue weighted by molar-refractivity contribution is -0.133. The van der Waals surface area contributed by atoms with Crippen molar-refractivity contribution >= 4 is 11.9 Å². The molecule has 0 aromatic heterocycles. The predicted molar refractivity (Wildman–Crippen MR) is 72.5 cm³/mol. The van der Waals surface area contributed by atoms with Crippen LogP contribution in [0.2, 0.25) is 0 Å². The fourth-order valence-corrected chi connectivity index (χ4v) is 1.51. The molecule has 0 aliphatic rings. The molecule has 110 valence electrons. The highest BCUT2D eigenvalue weighted by atomic mass is 16.5. The number of amides is 1. The molecule has 6 nitrogen and oxygen atoms in total. The Bertz CT molecular complexity index is 443. The monoisotopic (exact) mass is 281 g/mol. The van der Waals surface area contributed by atoms with Gasteiger partial charge in [-0.05, 0) is 30.7 Å². The van der Waals surface area contributed by atoms with Gasteiger partial charge in [0.15, 0.2) is 0 Å². The number of nitrogens with zero attached hydrogens (tertiary/aromatic N) is 1. The third-order valence-corrected chi connectivity index (χ3v) is 2.67. The summed E-state index contributed by atoms with van der Waals surface area (Å²) in [6.45, 7) is 0.763. The van der Waals surface area contributed by atoms with E-state index in [0.29, 0.717) is 18.5 Å². The molecule has 0 saturated carbocycles. The molecule has 0 heterocycles. The number of likely N-dealkylation sites (N-methyl/N-ethyl adjacent to an activating group) is 1. The van der Waals surface area contributed by atoms with Crippen LogP contribution in [0.25, 0.3) is 0 Å². The van der Waals surface area contributed by atoms with Crippen LogP contribution in [-0.2, 0) is 14.3 Å². The summed E-state index contributed by atoms with van der Waals surface area (Å²) in [5.74, 6) is -0.465. The average molecular weight is 281 g/mol. The quantitative estimate of drug-likeness (QED) is 0.597. The first-order valence-electron chi connectivity index (χ1n) is 6.23. The third kappa shape index (κ3) is 5.27. The summed E-state index contributed by atoms with van der Waals surface area (Å²) < 4.78 is 9.81. The molecule has 0 bridgehead atoms. The van der Waals surface area contributed by atoms with Crippen molar-refractivity contribution in [3.63, 3.8) is 0 Å². The second kappa shape index (κ2) is 8.16. The molecule has 1 aromatic rings. The highest BCUT2D eigenvalue weighted by Gasteiger charge is 2.09. The van der Waals surface area contributed by atoms with E-state index in [4.69, 9.17) is 14.6 Å². The Balaban J connectivity index is 2.25. The SMILES string of the molecule is COCC(=O)N(C)CCCOC(=O)c1ccc(O)cc1. The van der Waals surface area contributed by atoms with Gasteiger partial charge in [-0.3, -0.25) is 4.79 Å². The minimum Gasteiger partial charge on any atom is -0.508 e. The predicted octanol–water partition coefficient (Wildman–Crippen LogP) is 1.04. The first kappa shape index (κ1) is 16.0. The third-order valence-electron chi connectivity index (χ3n) is 2.67. The van der Waals surface area contributed by atoms with E-state index < -0.39 is 5.97 Å². The Kier molecular flexibility index (Phi) is 6.52. The second-order valence-corrected chi connectivity index (χ2v) is 4.28. The van der Waals surface area contributed by atoms with Crippen molar-refractivity contribution in [2.24, 2.45) is 0 Å². The average Bonchev–Trinajstić information content (AvgIpc) is 2.44. The van der Waals surface area contributed by atoms with E-state index in [1.807, 2.05) is 0 Å². The number of ether oxygens (including phenoxy) is 2. The summed E-state index contributed by atoms with van der Waals surface area (Å²) in [4.78, 5) is 24.6. The number of methoxy groups -OCH3 is 1. The molecule has 1 N–H and O–H groups in total. The fourth-order valence-electron chi connectivity index (χ4n) is 1.51. The number of carbonyl (C=O) groups is 2. The number of esters is 1. The molecule has 0 spiro atoms. The maximum atomic E-state index is 11.6. The van der Waals surface area contributed by atoms with Crippen LogP contribution >= 0.6 is 0 Å². The Hall–Kier alpha value is -2.08. The van der Waals surface area contributed by atoms with Crippen molar-refractivity contribution < 1.29 is 24.2 Å². The van der Waals surface area contributed by atoms with E-state index in [0.717, 1.165) is 0 Å². The Morgan fingerprint density at radius 2 is 1.90 bits per heavy atom. The number of carbonyl (C=O) groups excluding carboxylic acids is 2. The molecule has 1 amide bonds. The lowest BCUT2D eigenvalue weighted by Gasteiger charge is -2.16. The van der Waals surface area contributed by atoms with Crippen molar-refractivity contribution in [2.45, 2.75) is 6.42 Å². The van der Waals surface area contributed by atoms with E-state index in [-0.39, 0.29) is 24.9 Å². The van der Waals surface area contributed by atoms with Crippen molar-refractivity contribution in [2.75, 3.05) is 33.9 Å². The molecule has 0 unspecified atom stereocenters. The Morgan fingerprint density at radius 3 is 2.50 bits per heavy atom. The van der Waals surface area contributed by atoms with Gasteiger partial charge in [0.2, 0.25) is 5.91 Å². The van der Waals surface area contributed by atoms with Gasteiger partial charge in [0.25, 0.3) is 0 Å². The fraction of sp³-hybridized carbons (Fsp3) is 0.429. The maximum Gasteiger partial charge on any atom is 0.338 e. The molecule has 0 fully saturated rings. The van der Waals surface area contributed by atoms with Crippen molar-refractivity contribution in [3.8, 4) is 5.75 Å². The van der Waals surface area contributed by atoms with E-state index >= 15 is 0 Å². The van der Waals surface area contributed by atoms with Crippen LogP contribution in [0, 0.1) is 0 Å². The highest BCUT2D eigenvalue weighted by Crippen LogP contribution is 2.10. The molecule has 0 aliphatic carbocycles. The second-order valence-electron chi connectivity index (χ2n) is 4.28. The van der Waals surface area contributed by atoms with Crippen LogP contribution in [0.4, 0.5) is 0 Å². The van der Waals surface area contributed by atoms with Crippen LogP contribution in [0.1, 0.15) is 16.8 Å². The lowest BCUT2D eigenvalue weighted by atomic mass is 10.2. The van der Waals surface area contributed by atoms with E-state index in [1.165, 1.54) is 36.3 Å². The maximum absolute atomic E-state index is 11.6. The molecule has 1 rings (SSSR count). The zero-order chi connectivity index (χ0) is 15.0. The van der Waals surface area contributed by atoms with Crippen LogP contribution < -0.4 is 0 Å². The number of phenolic OH excluding ortho intramolecular Hbond substituents is 1. The first-order chi connectivity index (χ1) is 9.54. The van der Waals surface area contributed by atoms with Gasteiger partial charge in [-0.15, -0.1) is 0 Å². The van der Waals surface area contributed by atoms with Crippen LogP contribution in [0.15, 0.2) is 24.3 Å². The normalized spacial score (nSPS) is 10.1. The minimum absolute atomic E-state index is 0.0454. The van der Waals surface area contributed by atoms with Gasteiger partial charge in [0.1, 0.15) is 12.4 Å². The molecule has 0 aliphatic heterocycles. The number of hydrogen-bond donors (Lipinski definition) is 1. The van der Waals surface area contributed by atoms with Crippen molar-refractivity contribution in [1.82, 2.24) is 4.90 Å². The molecule has 0 saturated heterocycles. The number of benzene rings is 1. The lowest BCUT2D eigenvalue weighted by Crippen LogP contribution is -2.31. The number of rotatable bonds is 7. The van der Waals surface area contributed by atoms with Gasteiger partial charge >= 0.3 is 5.97 Å². The molecule has 0 atom stereocenters. The smallest absolute Gasteiger partial charge is 0.338 e. The van der Waals surface area contributed by atoms with E-state index in [1.54, 1.807) is 7.05 Å². The van der Waals surface area contributed by atoms with Gasteiger partial charge < -0.3 is 19.5 Å². The van der Waals surface area contributed by atoms with Crippen LogP contribution in [-0.4, -0.2) is 55.8 Å². The largest absolute Gasteiger partial charge is 0.508 e. The molecular weight excluding hydrogens is 262 g/mol. The Labute approximate surface area is 117 Å². The highest BCUT2D eigenvalue weighted by molar-refractivity contribution is 5.89. The summed E-state index contributed by atoms with van der Waals surface area (Å²) in [7, 11) is 3.13. The van der Waals surface area contributed by atoms with E-state index in [2.05, 4.69) is 0 Å². The van der Waals surface area contributed by atoms with Gasteiger partial charge in [0.05, 0.1) is 12.2 Å². The molecule has 20 heavy (non-hydrogen) atoms. The van der Waals surface area contributed by atoms with Gasteiger partial charge in [-0.25, -0.2) is 4.79 Å². The first-order valence-corrected chi connectivity index (χ1v) is 6.23.